The SMILES string of the molecule is O=C(C1CCSc2ccccc21)N1CCC(N2CCNCC2)C1. The summed E-state index contributed by atoms with van der Waals surface area (Å²) in [6.07, 6.45) is 2.12. The number of likely N-dealkylation sites (tertiary alicyclic amines) is 1. The predicted octanol–water partition coefficient (Wildman–Crippen LogP) is 1.77. The standard InChI is InChI=1S/C18H25N3OS/c22-18(16-6-12-23-17-4-2-1-3-15(16)17)21-9-5-14(13-21)20-10-7-19-8-11-20/h1-4,14,16,19H,5-13H2. The molecule has 0 radical (unpaired) electrons. The molecule has 2 atom stereocenters. The van der Waals surface area contributed by atoms with Crippen LogP contribution in [0.5, 0.6) is 0 Å². The zero-order valence-electron chi connectivity index (χ0n) is 13.5. The first-order valence-electron chi connectivity index (χ1n) is 8.78. The highest BCUT2D eigenvalue weighted by atomic mass is 32.2. The fourth-order valence-electron chi connectivity index (χ4n) is 4.11. The molecule has 124 valence electrons. The van der Waals surface area contributed by atoms with Crippen LogP contribution in [0, 0.1) is 0 Å². The Balaban J connectivity index is 1.44. The molecule has 3 aliphatic rings. The lowest BCUT2D eigenvalue weighted by Crippen LogP contribution is -2.49. The molecule has 4 rings (SSSR count). The van der Waals surface area contributed by atoms with E-state index in [1.807, 2.05) is 11.8 Å². The molecule has 1 N–H and O–H groups in total. The summed E-state index contributed by atoms with van der Waals surface area (Å²) >= 11 is 1.89. The summed E-state index contributed by atoms with van der Waals surface area (Å²) in [5.41, 5.74) is 1.25. The monoisotopic (exact) mass is 331 g/mol. The number of rotatable bonds is 2. The molecule has 0 aromatic heterocycles. The van der Waals surface area contributed by atoms with Gasteiger partial charge >= 0.3 is 0 Å². The highest BCUT2D eigenvalue weighted by molar-refractivity contribution is 7.99. The summed E-state index contributed by atoms with van der Waals surface area (Å²) in [4.78, 5) is 19.1. The van der Waals surface area contributed by atoms with Gasteiger partial charge in [0.1, 0.15) is 0 Å². The van der Waals surface area contributed by atoms with E-state index in [1.165, 1.54) is 10.5 Å². The summed E-state index contributed by atoms with van der Waals surface area (Å²) in [7, 11) is 0. The minimum Gasteiger partial charge on any atom is -0.341 e. The second-order valence-electron chi connectivity index (χ2n) is 6.74. The lowest BCUT2D eigenvalue weighted by molar-refractivity contribution is -0.132. The second-order valence-corrected chi connectivity index (χ2v) is 7.88. The zero-order chi connectivity index (χ0) is 15.6. The average Bonchev–Trinajstić information content (AvgIpc) is 3.11. The van der Waals surface area contributed by atoms with Crippen LogP contribution in [-0.2, 0) is 4.79 Å². The minimum atomic E-state index is 0.0780. The van der Waals surface area contributed by atoms with E-state index in [-0.39, 0.29) is 5.92 Å². The number of hydrogen-bond donors (Lipinski definition) is 1. The van der Waals surface area contributed by atoms with Gasteiger partial charge in [0.15, 0.2) is 0 Å². The van der Waals surface area contributed by atoms with Gasteiger partial charge in [0.05, 0.1) is 5.92 Å². The first-order chi connectivity index (χ1) is 11.3. The number of piperazine rings is 1. The number of amides is 1. The molecule has 2 saturated heterocycles. The van der Waals surface area contributed by atoms with Gasteiger partial charge in [-0.2, -0.15) is 0 Å². The van der Waals surface area contributed by atoms with E-state index in [9.17, 15) is 4.79 Å². The van der Waals surface area contributed by atoms with Crippen molar-refractivity contribution in [3.8, 4) is 0 Å². The van der Waals surface area contributed by atoms with E-state index in [4.69, 9.17) is 0 Å². The highest BCUT2D eigenvalue weighted by Gasteiger charge is 2.35. The number of fused-ring (bicyclic) bond motifs is 1. The summed E-state index contributed by atoms with van der Waals surface area (Å²) in [6.45, 7) is 6.25. The number of nitrogens with one attached hydrogen (secondary N) is 1. The van der Waals surface area contributed by atoms with Gasteiger partial charge in [0.25, 0.3) is 0 Å². The lowest BCUT2D eigenvalue weighted by Gasteiger charge is -2.33. The van der Waals surface area contributed by atoms with Crippen molar-refractivity contribution in [2.75, 3.05) is 45.0 Å². The van der Waals surface area contributed by atoms with Crippen molar-refractivity contribution in [3.05, 3.63) is 29.8 Å². The average molecular weight is 331 g/mol. The topological polar surface area (TPSA) is 35.6 Å². The van der Waals surface area contributed by atoms with Crippen LogP contribution in [0.2, 0.25) is 0 Å². The van der Waals surface area contributed by atoms with Crippen molar-refractivity contribution < 1.29 is 4.79 Å². The molecule has 0 spiro atoms. The molecule has 0 saturated carbocycles. The Bertz CT molecular complexity index is 573. The Kier molecular flexibility index (Phi) is 4.60. The van der Waals surface area contributed by atoms with E-state index < -0.39 is 0 Å². The van der Waals surface area contributed by atoms with Crippen molar-refractivity contribution in [1.82, 2.24) is 15.1 Å². The van der Waals surface area contributed by atoms with Gasteiger partial charge in [-0.15, -0.1) is 11.8 Å². The number of thioether (sulfide) groups is 1. The van der Waals surface area contributed by atoms with Gasteiger partial charge in [-0.3, -0.25) is 9.69 Å². The largest absolute Gasteiger partial charge is 0.341 e. The van der Waals surface area contributed by atoms with Crippen LogP contribution in [0.15, 0.2) is 29.2 Å². The summed E-state index contributed by atoms with van der Waals surface area (Å²) in [5.74, 6) is 1.49. The van der Waals surface area contributed by atoms with Crippen LogP contribution in [0.4, 0.5) is 0 Å². The molecule has 0 aliphatic carbocycles. The first kappa shape index (κ1) is 15.5. The molecular formula is C18H25N3OS. The first-order valence-corrected chi connectivity index (χ1v) is 9.77. The van der Waals surface area contributed by atoms with Gasteiger partial charge in [-0.1, -0.05) is 18.2 Å². The van der Waals surface area contributed by atoms with Gasteiger partial charge in [-0.25, -0.2) is 0 Å². The minimum absolute atomic E-state index is 0.0780. The number of carbonyl (C=O) groups excluding carboxylic acids is 1. The van der Waals surface area contributed by atoms with E-state index in [2.05, 4.69) is 39.4 Å². The van der Waals surface area contributed by atoms with Crippen molar-refractivity contribution in [2.24, 2.45) is 0 Å². The maximum Gasteiger partial charge on any atom is 0.230 e. The molecule has 23 heavy (non-hydrogen) atoms. The molecule has 4 nitrogen and oxygen atoms in total. The smallest absolute Gasteiger partial charge is 0.230 e. The molecule has 3 aliphatic heterocycles. The summed E-state index contributed by atoms with van der Waals surface area (Å²) in [6, 6.07) is 9.02. The highest BCUT2D eigenvalue weighted by Crippen LogP contribution is 2.38. The molecule has 2 fully saturated rings. The van der Waals surface area contributed by atoms with Gasteiger partial charge < -0.3 is 10.2 Å². The Morgan fingerprint density at radius 2 is 1.96 bits per heavy atom. The fourth-order valence-corrected chi connectivity index (χ4v) is 5.23. The molecular weight excluding hydrogens is 306 g/mol. The van der Waals surface area contributed by atoms with Gasteiger partial charge in [-0.05, 0) is 30.2 Å². The third-order valence-electron chi connectivity index (χ3n) is 5.40. The van der Waals surface area contributed by atoms with Crippen molar-refractivity contribution in [1.29, 1.82) is 0 Å². The van der Waals surface area contributed by atoms with Crippen LogP contribution >= 0.6 is 11.8 Å². The zero-order valence-corrected chi connectivity index (χ0v) is 14.4. The fraction of sp³-hybridized carbons (Fsp3) is 0.611. The lowest BCUT2D eigenvalue weighted by atomic mass is 9.94. The molecule has 0 bridgehead atoms. The van der Waals surface area contributed by atoms with Crippen LogP contribution in [-0.4, -0.2) is 66.8 Å². The third kappa shape index (κ3) is 3.14. The van der Waals surface area contributed by atoms with Crippen LogP contribution in [0.25, 0.3) is 0 Å². The van der Waals surface area contributed by atoms with Gasteiger partial charge in [0, 0.05) is 50.2 Å². The van der Waals surface area contributed by atoms with E-state index in [0.29, 0.717) is 11.9 Å². The van der Waals surface area contributed by atoms with Gasteiger partial charge in [0.2, 0.25) is 5.91 Å². The number of nitrogens with zero attached hydrogens (tertiary/aromatic N) is 2. The number of carbonyl (C=O) groups is 1. The maximum atomic E-state index is 13.1. The quantitative estimate of drug-likeness (QED) is 0.896. The predicted molar refractivity (Wildman–Crippen MR) is 94.0 cm³/mol. The van der Waals surface area contributed by atoms with E-state index in [1.54, 1.807) is 0 Å². The van der Waals surface area contributed by atoms with Crippen LogP contribution in [0.3, 0.4) is 0 Å². The van der Waals surface area contributed by atoms with E-state index in [0.717, 1.165) is 57.9 Å². The number of benzene rings is 1. The Hall–Kier alpha value is -1.04. The Morgan fingerprint density at radius 1 is 1.13 bits per heavy atom. The normalized spacial score (nSPS) is 28.6. The molecule has 1 amide bonds. The van der Waals surface area contributed by atoms with Crippen LogP contribution in [0.1, 0.15) is 24.3 Å². The summed E-state index contributed by atoms with van der Waals surface area (Å²) < 4.78 is 0. The maximum absolute atomic E-state index is 13.1. The summed E-state index contributed by atoms with van der Waals surface area (Å²) in [5, 5.41) is 3.41. The molecule has 2 unspecified atom stereocenters. The van der Waals surface area contributed by atoms with Crippen LogP contribution < -0.4 is 5.32 Å². The van der Waals surface area contributed by atoms with E-state index >= 15 is 0 Å². The Labute approximate surface area is 142 Å². The number of hydrogen-bond acceptors (Lipinski definition) is 4. The van der Waals surface area contributed by atoms with Crippen molar-refractivity contribution in [2.45, 2.75) is 29.7 Å². The molecule has 5 heteroatoms. The van der Waals surface area contributed by atoms with Crippen molar-refractivity contribution >= 4 is 17.7 Å². The Morgan fingerprint density at radius 3 is 2.83 bits per heavy atom. The second kappa shape index (κ2) is 6.83. The molecule has 1 aromatic carbocycles. The van der Waals surface area contributed by atoms with Crippen molar-refractivity contribution in [3.63, 3.8) is 0 Å². The molecule has 3 heterocycles. The third-order valence-corrected chi connectivity index (χ3v) is 6.52. The molecule has 1 aromatic rings.